The highest BCUT2D eigenvalue weighted by molar-refractivity contribution is 7.47. The zero-order valence-corrected chi connectivity index (χ0v) is 66.2. The Bertz CT molecular complexity index is 2020. The van der Waals surface area contributed by atoms with Crippen molar-refractivity contribution in [2.45, 2.75) is 407 Å². The molecule has 0 spiro atoms. The number of rotatable bonds is 76. The maximum Gasteiger partial charge on any atom is 0.472 e. The van der Waals surface area contributed by atoms with E-state index in [2.05, 4.69) is 72.8 Å². The third kappa shape index (κ3) is 72.3. The predicted molar refractivity (Wildman–Crippen MR) is 404 cm³/mol. The molecule has 0 aliphatic heterocycles. The lowest BCUT2D eigenvalue weighted by Gasteiger charge is -2.21. The van der Waals surface area contributed by atoms with Crippen LogP contribution in [0, 0.1) is 17.8 Å². The van der Waals surface area contributed by atoms with Crippen LogP contribution in [0.15, 0.2) is 24.3 Å². The van der Waals surface area contributed by atoms with Gasteiger partial charge in [-0.1, -0.05) is 336 Å². The quantitative estimate of drug-likeness (QED) is 0.0169. The fourth-order valence-electron chi connectivity index (χ4n) is 11.7. The van der Waals surface area contributed by atoms with E-state index in [1.165, 1.54) is 173 Å². The van der Waals surface area contributed by atoms with Crippen LogP contribution in [-0.4, -0.2) is 96.7 Å². The van der Waals surface area contributed by atoms with Crippen molar-refractivity contribution >= 4 is 39.5 Å². The van der Waals surface area contributed by atoms with Gasteiger partial charge in [0.2, 0.25) is 0 Å². The highest BCUT2D eigenvalue weighted by Crippen LogP contribution is 2.45. The maximum absolute atomic E-state index is 13.1. The maximum atomic E-state index is 13.1. The third-order valence-electron chi connectivity index (χ3n) is 18.4. The Morgan fingerprint density at radius 2 is 0.596 bits per heavy atom. The lowest BCUT2D eigenvalue weighted by Crippen LogP contribution is -2.30. The van der Waals surface area contributed by atoms with Crippen molar-refractivity contribution in [2.24, 2.45) is 17.8 Å². The third-order valence-corrected chi connectivity index (χ3v) is 20.3. The van der Waals surface area contributed by atoms with Gasteiger partial charge < -0.3 is 33.8 Å². The van der Waals surface area contributed by atoms with Gasteiger partial charge in [-0.05, 0) is 69.1 Å². The van der Waals surface area contributed by atoms with Crippen LogP contribution < -0.4 is 0 Å². The van der Waals surface area contributed by atoms with E-state index in [0.717, 1.165) is 127 Å². The Kier molecular flexibility index (Phi) is 68.1. The molecule has 0 bridgehead atoms. The fourth-order valence-corrected chi connectivity index (χ4v) is 13.3. The average molecular weight is 1450 g/mol. The zero-order valence-electron chi connectivity index (χ0n) is 64.4. The standard InChI is InChI=1S/C80H152O17P2/c1-8-10-11-12-13-14-15-16-21-25-28-34-39-47-54-61-77(82)90-67-75(96-80(85)64-57-50-41-36-31-30-33-38-46-53-60-73(7)9-2)69-94-98(86,87)92-65-74(81)66-93-99(88,89)95-70-76(68-91-78(83)62-55-48-43-42-45-52-59-72(5)6)97-79(84)63-56-49-40-35-29-26-23-20-18-17-19-22-24-27-32-37-44-51-58-71(3)4/h14-16,21,71-76,81H,8-13,17-20,22-70H2,1-7H3,(H,86,87)(H,88,89)/b15-14-,21-16-/t73?,74?,75-,76-/m1/s1. The molecule has 0 amide bonds. The van der Waals surface area contributed by atoms with Gasteiger partial charge in [0.05, 0.1) is 26.4 Å². The van der Waals surface area contributed by atoms with Crippen LogP contribution in [0.25, 0.3) is 0 Å². The van der Waals surface area contributed by atoms with Gasteiger partial charge in [-0.2, -0.15) is 0 Å². The minimum atomic E-state index is -4.97. The average Bonchev–Trinajstić information content (AvgIpc) is 1.15. The van der Waals surface area contributed by atoms with Crippen molar-refractivity contribution in [1.29, 1.82) is 0 Å². The molecule has 0 aliphatic carbocycles. The molecule has 0 aromatic heterocycles. The molecule has 17 nitrogen and oxygen atoms in total. The molecule has 0 fully saturated rings. The first kappa shape index (κ1) is 96.5. The van der Waals surface area contributed by atoms with Crippen LogP contribution in [0.5, 0.6) is 0 Å². The molecule has 3 N–H and O–H groups in total. The Balaban J connectivity index is 5.22. The highest BCUT2D eigenvalue weighted by Gasteiger charge is 2.30. The van der Waals surface area contributed by atoms with Crippen molar-refractivity contribution in [3.8, 4) is 0 Å². The molecule has 584 valence electrons. The Hall–Kier alpha value is -2.46. The molecule has 0 rings (SSSR count). The summed E-state index contributed by atoms with van der Waals surface area (Å²) in [6, 6.07) is 0. The van der Waals surface area contributed by atoms with Crippen LogP contribution in [0.4, 0.5) is 0 Å². The van der Waals surface area contributed by atoms with Gasteiger partial charge in [0.1, 0.15) is 19.3 Å². The molecule has 0 saturated carbocycles. The fraction of sp³-hybridized carbons (Fsp3) is 0.900. The Labute approximate surface area is 605 Å². The van der Waals surface area contributed by atoms with Gasteiger partial charge in [0.15, 0.2) is 12.2 Å². The van der Waals surface area contributed by atoms with E-state index in [1.807, 2.05) is 0 Å². The molecule has 19 heteroatoms. The van der Waals surface area contributed by atoms with Crippen LogP contribution in [-0.2, 0) is 65.4 Å². The minimum Gasteiger partial charge on any atom is -0.462 e. The van der Waals surface area contributed by atoms with E-state index in [4.69, 9.17) is 37.0 Å². The summed E-state index contributed by atoms with van der Waals surface area (Å²) in [4.78, 5) is 72.9. The molecule has 99 heavy (non-hydrogen) atoms. The molecule has 0 heterocycles. The summed E-state index contributed by atoms with van der Waals surface area (Å²) in [5.41, 5.74) is 0. The molecule has 0 aromatic carbocycles. The number of phosphoric acid groups is 2. The van der Waals surface area contributed by atoms with Crippen LogP contribution in [0.3, 0.4) is 0 Å². The van der Waals surface area contributed by atoms with E-state index < -0.39 is 97.5 Å². The number of aliphatic hydroxyl groups excluding tert-OH is 1. The van der Waals surface area contributed by atoms with Crippen molar-refractivity contribution in [3.05, 3.63) is 24.3 Å². The number of phosphoric ester groups is 2. The van der Waals surface area contributed by atoms with Gasteiger partial charge in [-0.15, -0.1) is 0 Å². The van der Waals surface area contributed by atoms with Crippen LogP contribution in [0.1, 0.15) is 389 Å². The predicted octanol–water partition coefficient (Wildman–Crippen LogP) is 23.3. The molecule has 0 saturated heterocycles. The number of unbranched alkanes of at least 4 members (excludes halogenated alkanes) is 40. The van der Waals surface area contributed by atoms with E-state index in [9.17, 15) is 43.2 Å². The number of ether oxygens (including phenoxy) is 4. The number of esters is 4. The van der Waals surface area contributed by atoms with E-state index in [0.29, 0.717) is 31.6 Å². The molecular weight excluding hydrogens is 1290 g/mol. The largest absolute Gasteiger partial charge is 0.472 e. The summed E-state index contributed by atoms with van der Waals surface area (Å²) >= 11 is 0. The van der Waals surface area contributed by atoms with Gasteiger partial charge in [-0.3, -0.25) is 37.3 Å². The van der Waals surface area contributed by atoms with Crippen molar-refractivity contribution in [1.82, 2.24) is 0 Å². The topological polar surface area (TPSA) is 237 Å². The number of allylic oxidation sites excluding steroid dienone is 4. The van der Waals surface area contributed by atoms with Gasteiger partial charge in [-0.25, -0.2) is 9.13 Å². The summed E-state index contributed by atoms with van der Waals surface area (Å²) < 4.78 is 68.6. The first-order chi connectivity index (χ1) is 47.8. The smallest absolute Gasteiger partial charge is 0.462 e. The van der Waals surface area contributed by atoms with Crippen molar-refractivity contribution < 1.29 is 80.2 Å². The number of aliphatic hydroxyl groups is 1. The van der Waals surface area contributed by atoms with Gasteiger partial charge in [0.25, 0.3) is 0 Å². The molecular formula is C80H152O17P2. The summed E-state index contributed by atoms with van der Waals surface area (Å²) in [7, 11) is -9.93. The second-order valence-corrected chi connectivity index (χ2v) is 32.2. The van der Waals surface area contributed by atoms with Crippen molar-refractivity contribution in [2.75, 3.05) is 39.6 Å². The summed E-state index contributed by atoms with van der Waals surface area (Å²) in [5, 5.41) is 10.6. The van der Waals surface area contributed by atoms with Crippen LogP contribution >= 0.6 is 15.6 Å². The molecule has 6 atom stereocenters. The second-order valence-electron chi connectivity index (χ2n) is 29.3. The van der Waals surface area contributed by atoms with E-state index in [1.54, 1.807) is 0 Å². The SMILES string of the molecule is CCCCCC/C=C\C=C/CCCCCCCC(=O)OC[C@H](COP(=O)(O)OCC(O)COP(=O)(O)OC[C@@H](COC(=O)CCCCCCCCC(C)C)OC(=O)CCCCCCCCCCCCCCCCCCCCC(C)C)OC(=O)CCCCCCCCCCCCC(C)CC. The lowest BCUT2D eigenvalue weighted by atomic mass is 9.99. The second kappa shape index (κ2) is 69.9. The summed E-state index contributed by atoms with van der Waals surface area (Å²) in [6.45, 7) is 11.8. The van der Waals surface area contributed by atoms with Crippen LogP contribution in [0.2, 0.25) is 0 Å². The Morgan fingerprint density at radius 3 is 0.899 bits per heavy atom. The number of hydrogen-bond acceptors (Lipinski definition) is 15. The molecule has 0 aliphatic rings. The molecule has 4 unspecified atom stereocenters. The minimum absolute atomic E-state index is 0.0991. The first-order valence-electron chi connectivity index (χ1n) is 40.7. The van der Waals surface area contributed by atoms with E-state index in [-0.39, 0.29) is 25.7 Å². The first-order valence-corrected chi connectivity index (χ1v) is 43.7. The lowest BCUT2D eigenvalue weighted by molar-refractivity contribution is -0.161. The number of carbonyl (C=O) groups is 4. The normalized spacial score (nSPS) is 14.4. The monoisotopic (exact) mass is 1450 g/mol. The van der Waals surface area contributed by atoms with E-state index >= 15 is 0 Å². The summed E-state index contributed by atoms with van der Waals surface area (Å²) in [5.74, 6) is 0.151. The number of carbonyl (C=O) groups excluding carboxylic acids is 4. The van der Waals surface area contributed by atoms with Crippen molar-refractivity contribution in [3.63, 3.8) is 0 Å². The number of hydrogen-bond donors (Lipinski definition) is 3. The molecule has 0 radical (unpaired) electrons. The Morgan fingerprint density at radius 1 is 0.333 bits per heavy atom. The van der Waals surface area contributed by atoms with Gasteiger partial charge in [0, 0.05) is 25.7 Å². The zero-order chi connectivity index (χ0) is 73.0. The molecule has 0 aromatic rings. The van der Waals surface area contributed by atoms with Gasteiger partial charge >= 0.3 is 39.5 Å². The highest BCUT2D eigenvalue weighted by atomic mass is 31.2. The summed E-state index contributed by atoms with van der Waals surface area (Å²) in [6.07, 6.45) is 60.6.